The third kappa shape index (κ3) is 4.60. The van der Waals surface area contributed by atoms with Gasteiger partial charge in [-0.25, -0.2) is 4.98 Å². The SMILES string of the molecule is Clc1ccc(CO/N=C(\Cn2ccnc2)c2ccc(Cl)cc2)cc1. The molecule has 0 atom stereocenters. The van der Waals surface area contributed by atoms with Crippen LogP contribution in [-0.2, 0) is 18.0 Å². The van der Waals surface area contributed by atoms with E-state index in [1.165, 1.54) is 0 Å². The Kier molecular flexibility index (Phi) is 5.51. The van der Waals surface area contributed by atoms with Crippen molar-refractivity contribution in [2.45, 2.75) is 13.2 Å². The van der Waals surface area contributed by atoms with E-state index in [0.717, 1.165) is 16.8 Å². The summed E-state index contributed by atoms with van der Waals surface area (Å²) in [6.07, 6.45) is 5.35. The Balaban J connectivity index is 1.75. The van der Waals surface area contributed by atoms with Gasteiger partial charge in [0.25, 0.3) is 0 Å². The van der Waals surface area contributed by atoms with Gasteiger partial charge in [-0.15, -0.1) is 0 Å². The number of benzene rings is 2. The number of hydrogen-bond donors (Lipinski definition) is 0. The highest BCUT2D eigenvalue weighted by molar-refractivity contribution is 6.30. The number of oxime groups is 1. The Morgan fingerprint density at radius 1 is 1.00 bits per heavy atom. The fourth-order valence-electron chi connectivity index (χ4n) is 2.13. The van der Waals surface area contributed by atoms with Crippen LogP contribution in [0.1, 0.15) is 11.1 Å². The fraction of sp³-hybridized carbons (Fsp3) is 0.111. The van der Waals surface area contributed by atoms with Crippen LogP contribution >= 0.6 is 23.2 Å². The standard InChI is InChI=1S/C18H15Cl2N3O/c19-16-5-1-14(2-6-16)12-24-22-18(11-23-10-9-21-13-23)15-3-7-17(20)8-4-15/h1-10,13H,11-12H2/b22-18+. The molecule has 122 valence electrons. The Labute approximate surface area is 150 Å². The summed E-state index contributed by atoms with van der Waals surface area (Å²) in [5, 5.41) is 5.69. The molecule has 0 aliphatic rings. The summed E-state index contributed by atoms with van der Waals surface area (Å²) in [5.74, 6) is 0. The number of halogens is 2. The van der Waals surface area contributed by atoms with Crippen LogP contribution in [0, 0.1) is 0 Å². The van der Waals surface area contributed by atoms with Crippen molar-refractivity contribution >= 4 is 28.9 Å². The predicted octanol–water partition coefficient (Wildman–Crippen LogP) is 4.81. The first-order valence-corrected chi connectivity index (χ1v) is 8.11. The molecule has 0 fully saturated rings. The molecule has 1 heterocycles. The second-order valence-electron chi connectivity index (χ2n) is 5.18. The van der Waals surface area contributed by atoms with E-state index in [-0.39, 0.29) is 0 Å². The van der Waals surface area contributed by atoms with Crippen LogP contribution < -0.4 is 0 Å². The fourth-order valence-corrected chi connectivity index (χ4v) is 2.39. The lowest BCUT2D eigenvalue weighted by molar-refractivity contribution is 0.130. The zero-order valence-corrected chi connectivity index (χ0v) is 14.3. The topological polar surface area (TPSA) is 39.4 Å². The molecule has 3 aromatic rings. The monoisotopic (exact) mass is 359 g/mol. The van der Waals surface area contributed by atoms with Gasteiger partial charge < -0.3 is 9.40 Å². The smallest absolute Gasteiger partial charge is 0.142 e. The van der Waals surface area contributed by atoms with Gasteiger partial charge in [-0.1, -0.05) is 52.6 Å². The summed E-state index contributed by atoms with van der Waals surface area (Å²) in [5.41, 5.74) is 2.74. The van der Waals surface area contributed by atoms with Gasteiger partial charge in [0.05, 0.1) is 12.9 Å². The van der Waals surface area contributed by atoms with Gasteiger partial charge in [-0.05, 0) is 29.8 Å². The van der Waals surface area contributed by atoms with Gasteiger partial charge in [0, 0.05) is 28.0 Å². The van der Waals surface area contributed by atoms with E-state index >= 15 is 0 Å². The Bertz CT molecular complexity index is 797. The molecule has 0 N–H and O–H groups in total. The van der Waals surface area contributed by atoms with E-state index in [4.69, 9.17) is 28.0 Å². The second kappa shape index (κ2) is 7.99. The highest BCUT2D eigenvalue weighted by Gasteiger charge is 2.06. The van der Waals surface area contributed by atoms with Gasteiger partial charge in [-0.3, -0.25) is 0 Å². The maximum atomic E-state index is 5.96. The van der Waals surface area contributed by atoms with Crippen molar-refractivity contribution in [1.82, 2.24) is 9.55 Å². The third-order valence-electron chi connectivity index (χ3n) is 3.39. The lowest BCUT2D eigenvalue weighted by Gasteiger charge is -2.08. The molecule has 1 aromatic heterocycles. The Hall–Kier alpha value is -2.30. The first kappa shape index (κ1) is 16.6. The average molecular weight is 360 g/mol. The van der Waals surface area contributed by atoms with Crippen LogP contribution in [0.25, 0.3) is 0 Å². The van der Waals surface area contributed by atoms with E-state index in [9.17, 15) is 0 Å². The molecule has 0 aliphatic carbocycles. The van der Waals surface area contributed by atoms with Crippen LogP contribution in [0.3, 0.4) is 0 Å². The van der Waals surface area contributed by atoms with Crippen molar-refractivity contribution in [1.29, 1.82) is 0 Å². The van der Waals surface area contributed by atoms with Gasteiger partial charge >= 0.3 is 0 Å². The molecule has 0 radical (unpaired) electrons. The molecule has 0 unspecified atom stereocenters. The number of hydrogen-bond acceptors (Lipinski definition) is 3. The lowest BCUT2D eigenvalue weighted by Crippen LogP contribution is -2.11. The summed E-state index contributed by atoms with van der Waals surface area (Å²) in [7, 11) is 0. The molecule has 0 aliphatic heterocycles. The first-order chi connectivity index (χ1) is 11.7. The van der Waals surface area contributed by atoms with E-state index < -0.39 is 0 Å². The van der Waals surface area contributed by atoms with E-state index in [2.05, 4.69) is 10.1 Å². The van der Waals surface area contributed by atoms with Crippen molar-refractivity contribution in [3.63, 3.8) is 0 Å². The van der Waals surface area contributed by atoms with E-state index in [0.29, 0.717) is 23.2 Å². The maximum absolute atomic E-state index is 5.96. The summed E-state index contributed by atoms with van der Waals surface area (Å²) < 4.78 is 1.93. The van der Waals surface area contributed by atoms with Crippen molar-refractivity contribution in [3.05, 3.63) is 88.4 Å². The van der Waals surface area contributed by atoms with Crippen molar-refractivity contribution in [2.75, 3.05) is 0 Å². The molecule has 0 spiro atoms. The van der Waals surface area contributed by atoms with Gasteiger partial charge in [0.2, 0.25) is 0 Å². The van der Waals surface area contributed by atoms with E-state index in [1.54, 1.807) is 12.5 Å². The van der Waals surface area contributed by atoms with Gasteiger partial charge in [-0.2, -0.15) is 0 Å². The molecule has 24 heavy (non-hydrogen) atoms. The first-order valence-electron chi connectivity index (χ1n) is 7.36. The number of nitrogens with zero attached hydrogens (tertiary/aromatic N) is 3. The van der Waals surface area contributed by atoms with Crippen LogP contribution in [0.15, 0.2) is 72.4 Å². The molecule has 0 saturated carbocycles. The summed E-state index contributed by atoms with van der Waals surface area (Å²) in [6, 6.07) is 15.0. The normalized spacial score (nSPS) is 11.5. The molecule has 2 aromatic carbocycles. The highest BCUT2D eigenvalue weighted by Crippen LogP contribution is 2.13. The van der Waals surface area contributed by atoms with Crippen LogP contribution in [0.2, 0.25) is 10.0 Å². The van der Waals surface area contributed by atoms with Crippen molar-refractivity contribution in [2.24, 2.45) is 5.16 Å². The lowest BCUT2D eigenvalue weighted by atomic mass is 10.1. The predicted molar refractivity (Wildman–Crippen MR) is 96.5 cm³/mol. The minimum atomic E-state index is 0.373. The largest absolute Gasteiger partial charge is 0.391 e. The van der Waals surface area contributed by atoms with Crippen LogP contribution in [0.4, 0.5) is 0 Å². The zero-order chi connectivity index (χ0) is 16.8. The molecule has 6 heteroatoms. The quantitative estimate of drug-likeness (QED) is 0.467. The third-order valence-corrected chi connectivity index (χ3v) is 3.89. The minimum absolute atomic E-state index is 0.373. The number of aromatic nitrogens is 2. The van der Waals surface area contributed by atoms with Crippen molar-refractivity contribution < 1.29 is 4.84 Å². The number of rotatable bonds is 6. The zero-order valence-electron chi connectivity index (χ0n) is 12.8. The maximum Gasteiger partial charge on any atom is 0.142 e. The van der Waals surface area contributed by atoms with Crippen molar-refractivity contribution in [3.8, 4) is 0 Å². The summed E-state index contributed by atoms with van der Waals surface area (Å²) >= 11 is 11.8. The molecule has 0 saturated heterocycles. The molecular weight excluding hydrogens is 345 g/mol. The minimum Gasteiger partial charge on any atom is -0.391 e. The van der Waals surface area contributed by atoms with Gasteiger partial charge in [0.15, 0.2) is 0 Å². The Morgan fingerprint density at radius 3 is 2.29 bits per heavy atom. The summed E-state index contributed by atoms with van der Waals surface area (Å²) in [6.45, 7) is 0.931. The van der Waals surface area contributed by atoms with Crippen LogP contribution in [-0.4, -0.2) is 15.3 Å². The molecular formula is C18H15Cl2N3O. The molecule has 0 amide bonds. The second-order valence-corrected chi connectivity index (χ2v) is 6.05. The molecule has 4 nitrogen and oxygen atoms in total. The highest BCUT2D eigenvalue weighted by atomic mass is 35.5. The Morgan fingerprint density at radius 2 is 1.67 bits per heavy atom. The molecule has 3 rings (SSSR count). The number of imidazole rings is 1. The van der Waals surface area contributed by atoms with E-state index in [1.807, 2.05) is 59.3 Å². The molecule has 0 bridgehead atoms. The average Bonchev–Trinajstić information content (AvgIpc) is 3.10. The van der Waals surface area contributed by atoms with Gasteiger partial charge in [0.1, 0.15) is 12.3 Å². The van der Waals surface area contributed by atoms with Crippen LogP contribution in [0.5, 0.6) is 0 Å². The summed E-state index contributed by atoms with van der Waals surface area (Å²) in [4.78, 5) is 9.59.